The third-order valence-corrected chi connectivity index (χ3v) is 3.68. The summed E-state index contributed by atoms with van der Waals surface area (Å²) in [6, 6.07) is 13.8. The van der Waals surface area contributed by atoms with E-state index >= 15 is 0 Å². The summed E-state index contributed by atoms with van der Waals surface area (Å²) in [5.41, 5.74) is 12.3. The molecule has 1 heterocycles. The molecule has 0 saturated heterocycles. The number of fused-ring (bicyclic) bond motifs is 1. The highest BCUT2D eigenvalue weighted by molar-refractivity contribution is 6.07. The van der Waals surface area contributed by atoms with Gasteiger partial charge in [-0.15, -0.1) is 0 Å². The van der Waals surface area contributed by atoms with Crippen LogP contribution in [0.5, 0.6) is 5.75 Å². The fourth-order valence-electron chi connectivity index (χ4n) is 2.36. The zero-order chi connectivity index (χ0) is 17.8. The van der Waals surface area contributed by atoms with Crippen molar-refractivity contribution in [2.45, 2.75) is 0 Å². The van der Waals surface area contributed by atoms with Crippen LogP contribution in [0.1, 0.15) is 20.7 Å². The highest BCUT2D eigenvalue weighted by Crippen LogP contribution is 2.22. The average molecular weight is 336 g/mol. The minimum absolute atomic E-state index is 0.185. The van der Waals surface area contributed by atoms with Crippen LogP contribution in [0.3, 0.4) is 0 Å². The molecule has 2 amide bonds. The first-order valence-electron chi connectivity index (χ1n) is 7.48. The van der Waals surface area contributed by atoms with Crippen LogP contribution in [0.15, 0.2) is 54.7 Å². The van der Waals surface area contributed by atoms with Gasteiger partial charge < -0.3 is 10.5 Å². The number of aromatic nitrogens is 1. The van der Waals surface area contributed by atoms with Crippen molar-refractivity contribution in [3.63, 3.8) is 0 Å². The number of carbonyl (C=O) groups is 2. The Kier molecular flexibility index (Phi) is 4.47. The summed E-state index contributed by atoms with van der Waals surface area (Å²) in [5, 5.41) is 0.675. The van der Waals surface area contributed by atoms with Crippen LogP contribution in [0.25, 0.3) is 10.9 Å². The first kappa shape index (κ1) is 16.3. The highest BCUT2D eigenvalue weighted by Gasteiger charge is 2.14. The molecule has 7 heteroatoms. The number of benzene rings is 2. The van der Waals surface area contributed by atoms with Gasteiger partial charge >= 0.3 is 0 Å². The first-order valence-corrected chi connectivity index (χ1v) is 7.48. The molecular weight excluding hydrogens is 320 g/mol. The van der Waals surface area contributed by atoms with Gasteiger partial charge in [-0.05, 0) is 24.3 Å². The summed E-state index contributed by atoms with van der Waals surface area (Å²) in [5.74, 6) is -0.478. The normalized spacial score (nSPS) is 10.3. The number of rotatable bonds is 3. The Labute approximate surface area is 143 Å². The Bertz CT molecular complexity index is 956. The van der Waals surface area contributed by atoms with E-state index in [0.29, 0.717) is 27.9 Å². The first-order chi connectivity index (χ1) is 12.1. The minimum Gasteiger partial charge on any atom is -0.497 e. The van der Waals surface area contributed by atoms with Crippen molar-refractivity contribution in [2.75, 3.05) is 12.8 Å². The lowest BCUT2D eigenvalue weighted by molar-refractivity contribution is 0.0847. The van der Waals surface area contributed by atoms with Crippen LogP contribution in [-0.4, -0.2) is 23.9 Å². The maximum absolute atomic E-state index is 12.3. The van der Waals surface area contributed by atoms with Gasteiger partial charge in [-0.25, -0.2) is 0 Å². The number of nitrogens with one attached hydrogen (secondary N) is 2. The van der Waals surface area contributed by atoms with Crippen molar-refractivity contribution in [1.82, 2.24) is 15.8 Å². The predicted octanol–water partition coefficient (Wildman–Crippen LogP) is 1.90. The monoisotopic (exact) mass is 336 g/mol. The van der Waals surface area contributed by atoms with Crippen LogP contribution in [0.2, 0.25) is 0 Å². The summed E-state index contributed by atoms with van der Waals surface area (Å²) >= 11 is 0. The van der Waals surface area contributed by atoms with Gasteiger partial charge in [0.25, 0.3) is 11.8 Å². The molecule has 0 aliphatic rings. The zero-order valence-electron chi connectivity index (χ0n) is 13.4. The molecule has 0 saturated carbocycles. The number of nitrogens with two attached hydrogens (primary N) is 1. The van der Waals surface area contributed by atoms with Crippen molar-refractivity contribution in [2.24, 2.45) is 0 Å². The Morgan fingerprint density at radius 2 is 1.80 bits per heavy atom. The number of carbonyl (C=O) groups excluding carboxylic acids is 2. The Morgan fingerprint density at radius 1 is 1.04 bits per heavy atom. The topological polar surface area (TPSA) is 106 Å². The number of methoxy groups -OCH3 is 1. The van der Waals surface area contributed by atoms with E-state index in [-0.39, 0.29) is 5.56 Å². The third-order valence-electron chi connectivity index (χ3n) is 3.68. The summed E-state index contributed by atoms with van der Waals surface area (Å²) in [7, 11) is 1.51. The molecule has 3 rings (SSSR count). The van der Waals surface area contributed by atoms with E-state index in [4.69, 9.17) is 10.5 Å². The van der Waals surface area contributed by atoms with E-state index in [1.807, 2.05) is 12.1 Å². The molecule has 0 bridgehead atoms. The molecule has 1 aromatic heterocycles. The number of nitrogen functional groups attached to an aromatic ring is 1. The molecule has 126 valence electrons. The fraction of sp³-hybridized carbons (Fsp3) is 0.0556. The van der Waals surface area contributed by atoms with Gasteiger partial charge in [-0.3, -0.25) is 25.4 Å². The molecule has 0 spiro atoms. The van der Waals surface area contributed by atoms with Gasteiger partial charge in [0.2, 0.25) is 0 Å². The van der Waals surface area contributed by atoms with Gasteiger partial charge in [0.1, 0.15) is 5.75 Å². The molecule has 0 radical (unpaired) electrons. The van der Waals surface area contributed by atoms with Crippen molar-refractivity contribution in [3.05, 3.63) is 65.9 Å². The predicted molar refractivity (Wildman–Crippen MR) is 94.1 cm³/mol. The lowest BCUT2D eigenvalue weighted by Crippen LogP contribution is -2.41. The molecule has 0 unspecified atom stereocenters. The van der Waals surface area contributed by atoms with Gasteiger partial charge in [0.15, 0.2) is 0 Å². The minimum atomic E-state index is -0.549. The van der Waals surface area contributed by atoms with Gasteiger partial charge in [-0.2, -0.15) is 0 Å². The second kappa shape index (κ2) is 6.88. The van der Waals surface area contributed by atoms with Crippen LogP contribution >= 0.6 is 0 Å². The van der Waals surface area contributed by atoms with Crippen molar-refractivity contribution >= 4 is 28.4 Å². The number of para-hydroxylation sites is 1. The standard InChI is InChI=1S/C18H16N4O3/c1-25-12-6-4-5-11(9-12)17(23)21-22-18(24)14-10-20-15-8-3-2-7-13(15)16(14)19/h2-10H,1H3,(H2,19,20)(H,21,23)(H,22,24). The van der Waals surface area contributed by atoms with E-state index in [1.54, 1.807) is 36.4 Å². The second-order valence-corrected chi connectivity index (χ2v) is 5.24. The highest BCUT2D eigenvalue weighted by atomic mass is 16.5. The van der Waals surface area contributed by atoms with E-state index < -0.39 is 11.8 Å². The van der Waals surface area contributed by atoms with Crippen LogP contribution in [-0.2, 0) is 0 Å². The third kappa shape index (κ3) is 3.35. The average Bonchev–Trinajstić information content (AvgIpc) is 2.66. The van der Waals surface area contributed by atoms with E-state index in [2.05, 4.69) is 15.8 Å². The van der Waals surface area contributed by atoms with Crippen molar-refractivity contribution in [1.29, 1.82) is 0 Å². The number of hydrogen-bond donors (Lipinski definition) is 3. The molecule has 0 aliphatic carbocycles. The Hall–Kier alpha value is -3.61. The lowest BCUT2D eigenvalue weighted by Gasteiger charge is -2.10. The molecule has 0 aliphatic heterocycles. The zero-order valence-corrected chi connectivity index (χ0v) is 13.4. The smallest absolute Gasteiger partial charge is 0.273 e. The number of nitrogens with zero attached hydrogens (tertiary/aromatic N) is 1. The summed E-state index contributed by atoms with van der Waals surface area (Å²) < 4.78 is 5.06. The Balaban J connectivity index is 1.74. The molecule has 3 aromatic rings. The molecule has 4 N–H and O–H groups in total. The van der Waals surface area contributed by atoms with Crippen LogP contribution in [0.4, 0.5) is 5.69 Å². The van der Waals surface area contributed by atoms with Gasteiger partial charge in [0, 0.05) is 17.1 Å². The molecule has 2 aromatic carbocycles. The maximum Gasteiger partial charge on any atom is 0.273 e. The summed E-state index contributed by atoms with van der Waals surface area (Å²) in [6.45, 7) is 0. The molecule has 25 heavy (non-hydrogen) atoms. The van der Waals surface area contributed by atoms with Gasteiger partial charge in [-0.1, -0.05) is 24.3 Å². The number of hydrazine groups is 1. The van der Waals surface area contributed by atoms with Crippen molar-refractivity contribution in [3.8, 4) is 5.75 Å². The largest absolute Gasteiger partial charge is 0.497 e. The number of anilines is 1. The molecule has 0 atom stereocenters. The van der Waals surface area contributed by atoms with E-state index in [1.165, 1.54) is 13.3 Å². The molecular formula is C18H16N4O3. The second-order valence-electron chi connectivity index (χ2n) is 5.24. The quantitative estimate of drug-likeness (QED) is 0.633. The SMILES string of the molecule is COc1cccc(C(=O)NNC(=O)c2cnc3ccccc3c2N)c1. The molecule has 0 fully saturated rings. The number of ether oxygens (including phenoxy) is 1. The number of pyridine rings is 1. The van der Waals surface area contributed by atoms with Gasteiger partial charge in [0.05, 0.1) is 23.9 Å². The van der Waals surface area contributed by atoms with Crippen molar-refractivity contribution < 1.29 is 14.3 Å². The molecule has 7 nitrogen and oxygen atoms in total. The summed E-state index contributed by atoms with van der Waals surface area (Å²) in [4.78, 5) is 28.6. The fourth-order valence-corrected chi connectivity index (χ4v) is 2.36. The Morgan fingerprint density at radius 3 is 2.60 bits per heavy atom. The maximum atomic E-state index is 12.3. The lowest BCUT2D eigenvalue weighted by atomic mass is 10.1. The number of amides is 2. The summed E-state index contributed by atoms with van der Waals surface area (Å²) in [6.07, 6.45) is 1.38. The van der Waals surface area contributed by atoms with E-state index in [9.17, 15) is 9.59 Å². The van der Waals surface area contributed by atoms with Crippen LogP contribution < -0.4 is 21.3 Å². The van der Waals surface area contributed by atoms with E-state index in [0.717, 1.165) is 0 Å². The number of hydrogen-bond acceptors (Lipinski definition) is 5. The van der Waals surface area contributed by atoms with Crippen LogP contribution in [0, 0.1) is 0 Å².